The molecule has 1 heterocycles. The molecule has 0 atom stereocenters. The molecule has 0 saturated carbocycles. The summed E-state index contributed by atoms with van der Waals surface area (Å²) in [6.07, 6.45) is 1.67. The highest BCUT2D eigenvalue weighted by molar-refractivity contribution is 6.31. The Balaban J connectivity index is 1.91. The number of carbonyl (C=O) groups excluding carboxylic acids is 1. The van der Waals surface area contributed by atoms with E-state index in [0.717, 1.165) is 22.7 Å². The fourth-order valence-electron chi connectivity index (χ4n) is 1.94. The molecule has 2 rings (SSSR count). The van der Waals surface area contributed by atoms with Crippen LogP contribution >= 0.6 is 11.6 Å². The fraction of sp³-hybridized carbons (Fsp3) is 0.250. The number of methoxy groups -OCH3 is 1. The first-order valence-corrected chi connectivity index (χ1v) is 6.97. The zero-order valence-electron chi connectivity index (χ0n) is 12.0. The van der Waals surface area contributed by atoms with Gasteiger partial charge in [0.15, 0.2) is 0 Å². The number of carbonyl (C=O) groups is 1. The molecule has 2 aromatic rings. The van der Waals surface area contributed by atoms with Crippen LogP contribution in [0.4, 0.5) is 0 Å². The lowest BCUT2D eigenvalue weighted by atomic mass is 10.1. The van der Waals surface area contributed by atoms with Crippen LogP contribution in [0.3, 0.4) is 0 Å². The van der Waals surface area contributed by atoms with E-state index in [0.29, 0.717) is 12.2 Å². The van der Waals surface area contributed by atoms with E-state index >= 15 is 0 Å². The summed E-state index contributed by atoms with van der Waals surface area (Å²) >= 11 is 6.09. The van der Waals surface area contributed by atoms with Crippen LogP contribution in [-0.2, 0) is 17.8 Å². The summed E-state index contributed by atoms with van der Waals surface area (Å²) in [5.74, 6) is -0.427. The molecule has 4 nitrogen and oxygen atoms in total. The molecule has 1 N–H and O–H groups in total. The predicted octanol–water partition coefficient (Wildman–Crippen LogP) is 3.12. The third-order valence-corrected chi connectivity index (χ3v) is 3.65. The zero-order chi connectivity index (χ0) is 15.2. The number of benzene rings is 1. The number of nitrogens with one attached hydrogen (secondary N) is 1. The Morgan fingerprint density at radius 3 is 2.76 bits per heavy atom. The van der Waals surface area contributed by atoms with Gasteiger partial charge in [-0.15, -0.1) is 0 Å². The van der Waals surface area contributed by atoms with Gasteiger partial charge in [-0.25, -0.2) is 9.78 Å². The van der Waals surface area contributed by atoms with Gasteiger partial charge in [-0.1, -0.05) is 29.8 Å². The number of hydrogen-bond acceptors (Lipinski definition) is 4. The van der Waals surface area contributed by atoms with Gasteiger partial charge >= 0.3 is 5.97 Å². The minimum absolute atomic E-state index is 0.312. The topological polar surface area (TPSA) is 51.2 Å². The molecular weight excluding hydrogens is 288 g/mol. The van der Waals surface area contributed by atoms with Crippen molar-refractivity contribution in [1.82, 2.24) is 10.3 Å². The number of rotatable bonds is 5. The van der Waals surface area contributed by atoms with Crippen molar-refractivity contribution >= 4 is 17.6 Å². The summed E-state index contributed by atoms with van der Waals surface area (Å²) in [4.78, 5) is 15.4. The smallest absolute Gasteiger partial charge is 0.356 e. The molecule has 21 heavy (non-hydrogen) atoms. The van der Waals surface area contributed by atoms with Crippen LogP contribution in [0.15, 0.2) is 36.5 Å². The SMILES string of the molecule is COC(=O)c1ccc(CNCc2cccc(Cl)c2C)cn1. The highest BCUT2D eigenvalue weighted by Gasteiger charge is 2.06. The van der Waals surface area contributed by atoms with Crippen molar-refractivity contribution in [3.05, 3.63) is 63.9 Å². The summed E-state index contributed by atoms with van der Waals surface area (Å²) in [5.41, 5.74) is 3.57. The molecule has 0 aliphatic carbocycles. The molecule has 0 saturated heterocycles. The van der Waals surface area contributed by atoms with Crippen LogP contribution in [0.5, 0.6) is 0 Å². The van der Waals surface area contributed by atoms with Crippen LogP contribution in [0.25, 0.3) is 0 Å². The van der Waals surface area contributed by atoms with Crippen LogP contribution in [-0.4, -0.2) is 18.1 Å². The first-order chi connectivity index (χ1) is 10.1. The van der Waals surface area contributed by atoms with Crippen LogP contribution < -0.4 is 5.32 Å². The lowest BCUT2D eigenvalue weighted by Crippen LogP contribution is -2.14. The number of pyridine rings is 1. The third kappa shape index (κ3) is 4.03. The van der Waals surface area contributed by atoms with Crippen molar-refractivity contribution in [2.75, 3.05) is 7.11 Å². The van der Waals surface area contributed by atoms with Crippen molar-refractivity contribution in [2.45, 2.75) is 20.0 Å². The first kappa shape index (κ1) is 15.5. The largest absolute Gasteiger partial charge is 0.464 e. The van der Waals surface area contributed by atoms with Crippen molar-refractivity contribution < 1.29 is 9.53 Å². The Labute approximate surface area is 129 Å². The van der Waals surface area contributed by atoms with E-state index in [4.69, 9.17) is 11.6 Å². The maximum Gasteiger partial charge on any atom is 0.356 e. The van der Waals surface area contributed by atoms with E-state index in [2.05, 4.69) is 15.0 Å². The molecule has 0 bridgehead atoms. The Morgan fingerprint density at radius 1 is 1.29 bits per heavy atom. The Bertz CT molecular complexity index is 627. The minimum atomic E-state index is -0.427. The standard InChI is InChI=1S/C16H17ClN2O2/c1-11-13(4-3-5-14(11)17)10-18-8-12-6-7-15(19-9-12)16(20)21-2/h3-7,9,18H,8,10H2,1-2H3. The van der Waals surface area contributed by atoms with Gasteiger partial charge in [-0.3, -0.25) is 0 Å². The summed E-state index contributed by atoms with van der Waals surface area (Å²) in [7, 11) is 1.34. The molecule has 0 fully saturated rings. The normalized spacial score (nSPS) is 10.4. The number of esters is 1. The van der Waals surface area contributed by atoms with Gasteiger partial charge in [0, 0.05) is 24.3 Å². The van der Waals surface area contributed by atoms with E-state index in [1.807, 2.05) is 31.2 Å². The number of halogens is 1. The minimum Gasteiger partial charge on any atom is -0.464 e. The van der Waals surface area contributed by atoms with E-state index in [9.17, 15) is 4.79 Å². The summed E-state index contributed by atoms with van der Waals surface area (Å²) in [6, 6.07) is 9.40. The second kappa shape index (κ2) is 7.20. The summed E-state index contributed by atoms with van der Waals surface area (Å²) in [6.45, 7) is 3.40. The van der Waals surface area contributed by atoms with E-state index in [1.165, 1.54) is 12.7 Å². The van der Waals surface area contributed by atoms with Gasteiger partial charge in [0.1, 0.15) is 5.69 Å². The van der Waals surface area contributed by atoms with Gasteiger partial charge in [0.2, 0.25) is 0 Å². The number of aromatic nitrogens is 1. The van der Waals surface area contributed by atoms with E-state index < -0.39 is 5.97 Å². The Kier molecular flexibility index (Phi) is 5.31. The molecule has 0 amide bonds. The molecule has 1 aromatic carbocycles. The van der Waals surface area contributed by atoms with Crippen molar-refractivity contribution in [3.8, 4) is 0 Å². The molecule has 0 aliphatic rings. The number of hydrogen-bond donors (Lipinski definition) is 1. The molecule has 0 spiro atoms. The predicted molar refractivity (Wildman–Crippen MR) is 82.3 cm³/mol. The molecule has 0 radical (unpaired) electrons. The summed E-state index contributed by atoms with van der Waals surface area (Å²) < 4.78 is 4.61. The average Bonchev–Trinajstić information content (AvgIpc) is 2.51. The maximum atomic E-state index is 11.3. The van der Waals surface area contributed by atoms with Crippen molar-refractivity contribution in [3.63, 3.8) is 0 Å². The second-order valence-electron chi connectivity index (χ2n) is 4.67. The zero-order valence-corrected chi connectivity index (χ0v) is 12.8. The molecule has 5 heteroatoms. The monoisotopic (exact) mass is 304 g/mol. The highest BCUT2D eigenvalue weighted by Crippen LogP contribution is 2.18. The molecule has 1 aromatic heterocycles. The van der Waals surface area contributed by atoms with Crippen molar-refractivity contribution in [2.24, 2.45) is 0 Å². The first-order valence-electron chi connectivity index (χ1n) is 6.59. The Hall–Kier alpha value is -1.91. The Morgan fingerprint density at radius 2 is 2.10 bits per heavy atom. The lowest BCUT2D eigenvalue weighted by molar-refractivity contribution is 0.0594. The van der Waals surface area contributed by atoms with Gasteiger partial charge in [0.25, 0.3) is 0 Å². The van der Waals surface area contributed by atoms with Crippen molar-refractivity contribution in [1.29, 1.82) is 0 Å². The number of nitrogens with zero attached hydrogens (tertiary/aromatic N) is 1. The van der Waals surface area contributed by atoms with Gasteiger partial charge in [-0.2, -0.15) is 0 Å². The van der Waals surface area contributed by atoms with Gasteiger partial charge < -0.3 is 10.1 Å². The van der Waals surface area contributed by atoms with Crippen LogP contribution in [0.2, 0.25) is 5.02 Å². The van der Waals surface area contributed by atoms with Gasteiger partial charge in [-0.05, 0) is 35.7 Å². The maximum absolute atomic E-state index is 11.3. The molecular formula is C16H17ClN2O2. The van der Waals surface area contributed by atoms with E-state index in [-0.39, 0.29) is 0 Å². The van der Waals surface area contributed by atoms with Gasteiger partial charge in [0.05, 0.1) is 7.11 Å². The highest BCUT2D eigenvalue weighted by atomic mass is 35.5. The van der Waals surface area contributed by atoms with Crippen LogP contribution in [0, 0.1) is 6.92 Å². The number of ether oxygens (including phenoxy) is 1. The van der Waals surface area contributed by atoms with E-state index in [1.54, 1.807) is 12.3 Å². The fourth-order valence-corrected chi connectivity index (χ4v) is 2.13. The second-order valence-corrected chi connectivity index (χ2v) is 5.08. The van der Waals surface area contributed by atoms with Crippen LogP contribution in [0.1, 0.15) is 27.2 Å². The lowest BCUT2D eigenvalue weighted by Gasteiger charge is -2.09. The molecule has 110 valence electrons. The quantitative estimate of drug-likeness (QED) is 0.862. The third-order valence-electron chi connectivity index (χ3n) is 3.24. The molecule has 0 unspecified atom stereocenters. The summed E-state index contributed by atoms with van der Waals surface area (Å²) in [5, 5.41) is 4.11. The average molecular weight is 305 g/mol. The molecule has 0 aliphatic heterocycles.